The number of carbonyl (C=O) groups excluding carboxylic acids is 1. The van der Waals surface area contributed by atoms with Crippen LogP contribution in [-0.4, -0.2) is 42.2 Å². The number of hydrogen-bond donors (Lipinski definition) is 0. The van der Waals surface area contributed by atoms with E-state index in [4.69, 9.17) is 0 Å². The molecular formula is C25H29N3OS. The van der Waals surface area contributed by atoms with E-state index in [1.165, 1.54) is 28.6 Å². The van der Waals surface area contributed by atoms with E-state index in [1.54, 1.807) is 0 Å². The number of amidine groups is 1. The summed E-state index contributed by atoms with van der Waals surface area (Å²) in [6, 6.07) is 17.0. The van der Waals surface area contributed by atoms with E-state index >= 15 is 0 Å². The van der Waals surface area contributed by atoms with Gasteiger partial charge in [0.1, 0.15) is 0 Å². The van der Waals surface area contributed by atoms with Crippen molar-refractivity contribution in [1.82, 2.24) is 4.90 Å². The predicted octanol–water partition coefficient (Wildman–Crippen LogP) is 5.09. The van der Waals surface area contributed by atoms with E-state index in [-0.39, 0.29) is 11.3 Å². The Labute approximate surface area is 183 Å². The summed E-state index contributed by atoms with van der Waals surface area (Å²) in [6.07, 6.45) is 1.96. The predicted molar refractivity (Wildman–Crippen MR) is 128 cm³/mol. The summed E-state index contributed by atoms with van der Waals surface area (Å²) in [6.45, 7) is 12.4. The summed E-state index contributed by atoms with van der Waals surface area (Å²) in [4.78, 5) is 22.2. The summed E-state index contributed by atoms with van der Waals surface area (Å²) in [5, 5.41) is 0.835. The van der Waals surface area contributed by atoms with E-state index in [1.807, 2.05) is 6.08 Å². The molecule has 0 saturated carbocycles. The Morgan fingerprint density at radius 1 is 0.933 bits per heavy atom. The van der Waals surface area contributed by atoms with Gasteiger partial charge in [-0.15, -0.1) is 0 Å². The van der Waals surface area contributed by atoms with Crippen LogP contribution >= 0.6 is 11.8 Å². The highest BCUT2D eigenvalue weighted by Crippen LogP contribution is 2.32. The molecule has 2 aliphatic rings. The molecule has 0 N–H and O–H groups in total. The first-order valence-corrected chi connectivity index (χ1v) is 11.3. The molecule has 0 radical (unpaired) electrons. The molecule has 4 nitrogen and oxygen atoms in total. The van der Waals surface area contributed by atoms with E-state index < -0.39 is 0 Å². The Kier molecular flexibility index (Phi) is 5.74. The van der Waals surface area contributed by atoms with Gasteiger partial charge in [0.25, 0.3) is 5.91 Å². The molecule has 0 bridgehead atoms. The van der Waals surface area contributed by atoms with Crippen molar-refractivity contribution in [2.24, 2.45) is 4.99 Å². The molecular weight excluding hydrogens is 390 g/mol. The fourth-order valence-electron chi connectivity index (χ4n) is 3.82. The smallest absolute Gasteiger partial charge is 0.286 e. The molecule has 2 heterocycles. The summed E-state index contributed by atoms with van der Waals surface area (Å²) >= 11 is 1.50. The minimum absolute atomic E-state index is 0.125. The lowest BCUT2D eigenvalue weighted by atomic mass is 9.87. The average Bonchev–Trinajstić information content (AvgIpc) is 3.09. The van der Waals surface area contributed by atoms with Crippen LogP contribution in [0.3, 0.4) is 0 Å². The lowest BCUT2D eigenvalue weighted by Crippen LogP contribution is -2.48. The third-order valence-electron chi connectivity index (χ3n) is 5.69. The van der Waals surface area contributed by atoms with Gasteiger partial charge in [-0.1, -0.05) is 63.2 Å². The molecule has 30 heavy (non-hydrogen) atoms. The fourth-order valence-corrected chi connectivity index (χ4v) is 4.79. The van der Waals surface area contributed by atoms with Crippen molar-refractivity contribution in [1.29, 1.82) is 0 Å². The number of para-hydroxylation sites is 1. The summed E-state index contributed by atoms with van der Waals surface area (Å²) < 4.78 is 0. The van der Waals surface area contributed by atoms with E-state index in [0.29, 0.717) is 4.91 Å². The van der Waals surface area contributed by atoms with Crippen LogP contribution in [0.2, 0.25) is 0 Å². The van der Waals surface area contributed by atoms with Crippen LogP contribution in [0.4, 0.5) is 5.69 Å². The molecule has 4 rings (SSSR count). The number of aliphatic imine (C=N–C) groups is 1. The molecule has 5 heteroatoms. The van der Waals surface area contributed by atoms with Crippen molar-refractivity contribution in [3.8, 4) is 0 Å². The maximum Gasteiger partial charge on any atom is 0.286 e. The lowest BCUT2D eigenvalue weighted by molar-refractivity contribution is -0.113. The highest BCUT2D eigenvalue weighted by Gasteiger charge is 2.28. The van der Waals surface area contributed by atoms with Crippen LogP contribution < -0.4 is 4.90 Å². The van der Waals surface area contributed by atoms with Crippen LogP contribution in [0.25, 0.3) is 6.08 Å². The van der Waals surface area contributed by atoms with Crippen molar-refractivity contribution in [3.63, 3.8) is 0 Å². The number of anilines is 1. The number of carbonyl (C=O) groups is 1. The Hall–Kier alpha value is -2.53. The highest BCUT2D eigenvalue weighted by molar-refractivity contribution is 8.18. The molecule has 0 atom stereocenters. The van der Waals surface area contributed by atoms with Gasteiger partial charge in [-0.05, 0) is 52.9 Å². The van der Waals surface area contributed by atoms with Crippen molar-refractivity contribution in [2.75, 3.05) is 31.1 Å². The normalized spacial score (nSPS) is 18.9. The summed E-state index contributed by atoms with van der Waals surface area (Å²) in [5.41, 5.74) is 5.06. The number of hydrogen-bond acceptors (Lipinski definition) is 4. The minimum Gasteiger partial charge on any atom is -0.368 e. The van der Waals surface area contributed by atoms with E-state index in [0.717, 1.165) is 36.9 Å². The van der Waals surface area contributed by atoms with Gasteiger partial charge in [0.2, 0.25) is 0 Å². The number of piperazine rings is 1. The zero-order chi connectivity index (χ0) is 21.3. The second kappa shape index (κ2) is 8.31. The molecule has 0 spiro atoms. The van der Waals surface area contributed by atoms with Crippen LogP contribution in [0, 0.1) is 6.92 Å². The van der Waals surface area contributed by atoms with Gasteiger partial charge in [-0.3, -0.25) is 4.79 Å². The van der Waals surface area contributed by atoms with Crippen LogP contribution in [-0.2, 0) is 10.2 Å². The van der Waals surface area contributed by atoms with Crippen molar-refractivity contribution >= 4 is 34.6 Å². The van der Waals surface area contributed by atoms with Crippen LogP contribution in [0.15, 0.2) is 58.4 Å². The molecule has 0 aromatic heterocycles. The quantitative estimate of drug-likeness (QED) is 0.636. The Balaban J connectivity index is 1.40. The minimum atomic E-state index is -0.128. The Morgan fingerprint density at radius 2 is 1.57 bits per heavy atom. The molecule has 2 aromatic carbocycles. The Bertz CT molecular complexity index is 994. The monoisotopic (exact) mass is 419 g/mol. The van der Waals surface area contributed by atoms with Crippen molar-refractivity contribution in [3.05, 3.63) is 70.1 Å². The molecule has 1 saturated heterocycles. The topological polar surface area (TPSA) is 35.9 Å². The molecule has 1 amide bonds. The number of rotatable bonds is 2. The standard InChI is InChI=1S/C25H29N3OS/c1-18-7-5-6-8-21(18)27-13-15-28(16-14-27)24-26-23(29)22(30-24)17-19-9-11-20(12-10-19)25(2,3)4/h5-12,17H,13-16H2,1-4H3. The molecule has 0 unspecified atom stereocenters. The summed E-state index contributed by atoms with van der Waals surface area (Å²) in [7, 11) is 0. The number of thioether (sulfide) groups is 1. The third-order valence-corrected chi connectivity index (χ3v) is 6.73. The second-order valence-corrected chi connectivity index (χ2v) is 9.95. The van der Waals surface area contributed by atoms with Gasteiger partial charge >= 0.3 is 0 Å². The molecule has 156 valence electrons. The fraction of sp³-hybridized carbons (Fsp3) is 0.360. The van der Waals surface area contributed by atoms with E-state index in [9.17, 15) is 4.79 Å². The van der Waals surface area contributed by atoms with Crippen LogP contribution in [0.5, 0.6) is 0 Å². The molecule has 0 aliphatic carbocycles. The molecule has 2 aliphatic heterocycles. The first-order valence-electron chi connectivity index (χ1n) is 10.5. The largest absolute Gasteiger partial charge is 0.368 e. The first-order chi connectivity index (χ1) is 14.3. The third kappa shape index (κ3) is 4.46. The zero-order valence-electron chi connectivity index (χ0n) is 18.2. The molecule has 1 fully saturated rings. The van der Waals surface area contributed by atoms with Gasteiger partial charge in [-0.25, -0.2) is 0 Å². The second-order valence-electron chi connectivity index (χ2n) is 8.94. The Morgan fingerprint density at radius 3 is 2.20 bits per heavy atom. The maximum absolute atomic E-state index is 12.5. The maximum atomic E-state index is 12.5. The lowest BCUT2D eigenvalue weighted by Gasteiger charge is -2.37. The van der Waals surface area contributed by atoms with Gasteiger partial charge < -0.3 is 9.80 Å². The van der Waals surface area contributed by atoms with Gasteiger partial charge in [0, 0.05) is 31.9 Å². The first kappa shape index (κ1) is 20.7. The average molecular weight is 420 g/mol. The molecule has 2 aromatic rings. The van der Waals surface area contributed by atoms with Crippen LogP contribution in [0.1, 0.15) is 37.5 Å². The van der Waals surface area contributed by atoms with Gasteiger partial charge in [0.05, 0.1) is 4.91 Å². The highest BCUT2D eigenvalue weighted by atomic mass is 32.2. The van der Waals surface area contributed by atoms with Gasteiger partial charge in [0.15, 0.2) is 5.17 Å². The van der Waals surface area contributed by atoms with E-state index in [2.05, 4.69) is 91.0 Å². The van der Waals surface area contributed by atoms with Crippen molar-refractivity contribution in [2.45, 2.75) is 33.1 Å². The summed E-state index contributed by atoms with van der Waals surface area (Å²) in [5.74, 6) is -0.128. The number of amides is 1. The zero-order valence-corrected chi connectivity index (χ0v) is 19.0. The number of aryl methyl sites for hydroxylation is 1. The van der Waals surface area contributed by atoms with Gasteiger partial charge in [-0.2, -0.15) is 4.99 Å². The SMILES string of the molecule is Cc1ccccc1N1CCN(C2=NC(=O)C(=Cc3ccc(C(C)(C)C)cc3)S2)CC1. The van der Waals surface area contributed by atoms with Crippen molar-refractivity contribution < 1.29 is 4.79 Å². The number of benzene rings is 2. The number of nitrogens with zero attached hydrogens (tertiary/aromatic N) is 3.